The molecule has 0 bridgehead atoms. The Labute approximate surface area is 261 Å². The summed E-state index contributed by atoms with van der Waals surface area (Å²) in [5.41, 5.74) is 8.08. The Bertz CT molecular complexity index is 2770. The third-order valence-corrected chi connectivity index (χ3v) is 10.1. The van der Waals surface area contributed by atoms with Crippen LogP contribution in [0.25, 0.3) is 86.5 Å². The predicted molar refractivity (Wildman–Crippen MR) is 187 cm³/mol. The monoisotopic (exact) mass is 593 g/mol. The van der Waals surface area contributed by atoms with Gasteiger partial charge in [-0.05, 0) is 59.7 Å². The molecular formula is C39H23N5S. The molecule has 0 radical (unpaired) electrons. The van der Waals surface area contributed by atoms with Crippen LogP contribution in [0.15, 0.2) is 140 Å². The Morgan fingerprint density at radius 2 is 1.13 bits per heavy atom. The lowest BCUT2D eigenvalue weighted by atomic mass is 9.98. The molecule has 0 unspecified atom stereocenters. The van der Waals surface area contributed by atoms with Crippen molar-refractivity contribution in [3.63, 3.8) is 0 Å². The van der Waals surface area contributed by atoms with Gasteiger partial charge in [-0.15, -0.1) is 11.3 Å². The first-order valence-electron chi connectivity index (χ1n) is 14.9. The molecule has 45 heavy (non-hydrogen) atoms. The van der Waals surface area contributed by atoms with E-state index in [1.807, 2.05) is 11.3 Å². The fourth-order valence-electron chi connectivity index (χ4n) is 7.17. The van der Waals surface area contributed by atoms with E-state index in [1.165, 1.54) is 53.1 Å². The van der Waals surface area contributed by atoms with Gasteiger partial charge in [0.25, 0.3) is 0 Å². The lowest BCUT2D eigenvalue weighted by Crippen LogP contribution is -2.01. The summed E-state index contributed by atoms with van der Waals surface area (Å²) >= 11 is 1.86. The number of para-hydroxylation sites is 2. The van der Waals surface area contributed by atoms with Gasteiger partial charge >= 0.3 is 0 Å². The van der Waals surface area contributed by atoms with Crippen LogP contribution in [-0.4, -0.2) is 24.1 Å². The minimum atomic E-state index is 0.607. The van der Waals surface area contributed by atoms with Crippen molar-refractivity contribution in [1.29, 1.82) is 0 Å². The average Bonchev–Trinajstić information content (AvgIpc) is 3.76. The second-order valence-corrected chi connectivity index (χ2v) is 12.4. The van der Waals surface area contributed by atoms with E-state index in [1.54, 1.807) is 12.7 Å². The van der Waals surface area contributed by atoms with Crippen molar-refractivity contribution in [3.05, 3.63) is 140 Å². The molecule has 10 aromatic rings. The van der Waals surface area contributed by atoms with Gasteiger partial charge in [-0.3, -0.25) is 4.57 Å². The van der Waals surface area contributed by atoms with Crippen LogP contribution in [0.4, 0.5) is 0 Å². The van der Waals surface area contributed by atoms with Crippen molar-refractivity contribution in [2.75, 3.05) is 0 Å². The number of hydrogen-bond donors (Lipinski definition) is 0. The highest BCUT2D eigenvalue weighted by molar-refractivity contribution is 7.25. The summed E-state index contributed by atoms with van der Waals surface area (Å²) in [4.78, 5) is 13.1. The SMILES string of the molecule is c1ccc2c(c1)sc1cccc(-c3ccc4c(c3)c3ccccc3n4-c3cccc4c3c3ccccc3n4-c3ncncn3)c12. The van der Waals surface area contributed by atoms with Gasteiger partial charge in [0.05, 0.1) is 27.8 Å². The number of hydrogen-bond acceptors (Lipinski definition) is 4. The Morgan fingerprint density at radius 1 is 0.467 bits per heavy atom. The molecule has 0 saturated heterocycles. The maximum atomic E-state index is 4.52. The van der Waals surface area contributed by atoms with E-state index >= 15 is 0 Å². The van der Waals surface area contributed by atoms with E-state index in [-0.39, 0.29) is 0 Å². The lowest BCUT2D eigenvalue weighted by molar-refractivity contribution is 0.939. The van der Waals surface area contributed by atoms with Gasteiger partial charge in [0.15, 0.2) is 0 Å². The third-order valence-electron chi connectivity index (χ3n) is 8.98. The molecule has 0 amide bonds. The summed E-state index contributed by atoms with van der Waals surface area (Å²) < 4.78 is 7.19. The normalized spacial score (nSPS) is 12.0. The average molecular weight is 594 g/mol. The molecule has 4 heterocycles. The van der Waals surface area contributed by atoms with E-state index in [4.69, 9.17) is 0 Å². The zero-order chi connectivity index (χ0) is 29.5. The summed E-state index contributed by atoms with van der Waals surface area (Å²) in [6.45, 7) is 0. The van der Waals surface area contributed by atoms with Gasteiger partial charge in [0.1, 0.15) is 12.7 Å². The Morgan fingerprint density at radius 3 is 2.00 bits per heavy atom. The molecule has 0 fully saturated rings. The first-order valence-corrected chi connectivity index (χ1v) is 15.8. The molecule has 10 rings (SSSR count). The molecule has 6 aromatic carbocycles. The van der Waals surface area contributed by atoms with E-state index in [9.17, 15) is 0 Å². The Kier molecular flexibility index (Phi) is 5.09. The van der Waals surface area contributed by atoms with Gasteiger partial charge in [-0.1, -0.05) is 78.9 Å². The molecule has 210 valence electrons. The minimum absolute atomic E-state index is 0.607. The lowest BCUT2D eigenvalue weighted by Gasteiger charge is -2.11. The van der Waals surface area contributed by atoms with Crippen LogP contribution in [-0.2, 0) is 0 Å². The van der Waals surface area contributed by atoms with Crippen molar-refractivity contribution in [2.45, 2.75) is 0 Å². The molecule has 5 nitrogen and oxygen atoms in total. The maximum absolute atomic E-state index is 4.52. The predicted octanol–water partition coefficient (Wildman–Crippen LogP) is 10.1. The smallest absolute Gasteiger partial charge is 0.237 e. The van der Waals surface area contributed by atoms with Crippen LogP contribution in [0.3, 0.4) is 0 Å². The molecule has 0 N–H and O–H groups in total. The summed E-state index contributed by atoms with van der Waals surface area (Å²) in [5, 5.41) is 7.43. The van der Waals surface area contributed by atoms with E-state index in [0.717, 1.165) is 27.5 Å². The van der Waals surface area contributed by atoms with Gasteiger partial charge in [-0.25, -0.2) is 15.0 Å². The van der Waals surface area contributed by atoms with Crippen molar-refractivity contribution < 1.29 is 0 Å². The second-order valence-electron chi connectivity index (χ2n) is 11.3. The van der Waals surface area contributed by atoms with Gasteiger partial charge in [-0.2, -0.15) is 0 Å². The summed E-state index contributed by atoms with van der Waals surface area (Å²) in [6.07, 6.45) is 3.10. The van der Waals surface area contributed by atoms with E-state index in [2.05, 4.69) is 151 Å². The van der Waals surface area contributed by atoms with Gasteiger partial charge in [0, 0.05) is 41.7 Å². The van der Waals surface area contributed by atoms with E-state index in [0.29, 0.717) is 5.95 Å². The molecule has 4 aromatic heterocycles. The molecule has 6 heteroatoms. The standard InChI is InChI=1S/C39H23N5S/c1-4-13-30-26(9-1)29-21-24(25-12-7-18-36-37(25)28-11-3-6-17-35(28)45-36)19-20-32(29)43(30)33-15-8-16-34-38(33)27-10-2-5-14-31(27)44(34)39-41-22-40-23-42-39/h1-23H. The van der Waals surface area contributed by atoms with Crippen LogP contribution >= 0.6 is 11.3 Å². The van der Waals surface area contributed by atoms with Crippen LogP contribution in [0.2, 0.25) is 0 Å². The zero-order valence-corrected chi connectivity index (χ0v) is 24.7. The highest BCUT2D eigenvalue weighted by Crippen LogP contribution is 2.43. The van der Waals surface area contributed by atoms with Crippen LogP contribution in [0, 0.1) is 0 Å². The van der Waals surface area contributed by atoms with E-state index < -0.39 is 0 Å². The fourth-order valence-corrected chi connectivity index (χ4v) is 8.30. The number of rotatable bonds is 3. The first kappa shape index (κ1) is 24.6. The molecule has 0 aliphatic carbocycles. The quantitative estimate of drug-likeness (QED) is 0.205. The van der Waals surface area contributed by atoms with Crippen LogP contribution in [0.5, 0.6) is 0 Å². The van der Waals surface area contributed by atoms with Gasteiger partial charge in [0.2, 0.25) is 5.95 Å². The van der Waals surface area contributed by atoms with Crippen molar-refractivity contribution in [1.82, 2.24) is 24.1 Å². The largest absolute Gasteiger partial charge is 0.309 e. The second kappa shape index (κ2) is 9.32. The summed E-state index contributed by atoms with van der Waals surface area (Å²) in [6, 6.07) is 46.1. The number of thiophene rings is 1. The van der Waals surface area contributed by atoms with Gasteiger partial charge < -0.3 is 4.57 Å². The van der Waals surface area contributed by atoms with Crippen LogP contribution in [0.1, 0.15) is 0 Å². The topological polar surface area (TPSA) is 48.5 Å². The van der Waals surface area contributed by atoms with Crippen molar-refractivity contribution >= 4 is 75.1 Å². The summed E-state index contributed by atoms with van der Waals surface area (Å²) in [5.74, 6) is 0.607. The minimum Gasteiger partial charge on any atom is -0.309 e. The highest BCUT2D eigenvalue weighted by atomic mass is 32.1. The molecule has 0 saturated carbocycles. The summed E-state index contributed by atoms with van der Waals surface area (Å²) in [7, 11) is 0. The fraction of sp³-hybridized carbons (Fsp3) is 0. The maximum Gasteiger partial charge on any atom is 0.237 e. The number of fused-ring (bicyclic) bond motifs is 9. The number of benzene rings is 6. The number of aromatic nitrogens is 5. The van der Waals surface area contributed by atoms with Crippen molar-refractivity contribution in [2.24, 2.45) is 0 Å². The molecule has 0 aliphatic rings. The zero-order valence-electron chi connectivity index (χ0n) is 23.9. The third kappa shape index (κ3) is 3.45. The Hall–Kier alpha value is -5.85. The molecular weight excluding hydrogens is 571 g/mol. The molecule has 0 aliphatic heterocycles. The Balaban J connectivity index is 1.28. The molecule has 0 atom stereocenters. The van der Waals surface area contributed by atoms with Crippen LogP contribution < -0.4 is 0 Å². The molecule has 0 spiro atoms. The van der Waals surface area contributed by atoms with Crippen molar-refractivity contribution in [3.8, 4) is 22.8 Å². The number of nitrogens with zero attached hydrogens (tertiary/aromatic N) is 5. The first-order chi connectivity index (χ1) is 22.3. The highest BCUT2D eigenvalue weighted by Gasteiger charge is 2.21.